The number of nitrogens with zero attached hydrogens (tertiary/aromatic N) is 2. The quantitative estimate of drug-likeness (QED) is 0.721. The molecule has 4 rings (SSSR count). The van der Waals surface area contributed by atoms with Crippen LogP contribution < -0.4 is 0 Å². The van der Waals surface area contributed by atoms with E-state index in [0.29, 0.717) is 30.8 Å². The third-order valence-electron chi connectivity index (χ3n) is 5.69. The topological polar surface area (TPSA) is 66.9 Å². The van der Waals surface area contributed by atoms with Crippen molar-refractivity contribution >= 4 is 26.9 Å². The molecule has 0 aromatic heterocycles. The van der Waals surface area contributed by atoms with Crippen molar-refractivity contribution in [3.05, 3.63) is 42.5 Å². The minimum Gasteiger partial charge on any atom is -0.444 e. The minimum absolute atomic E-state index is 0.0621. The molecular weight excluding hydrogens is 400 g/mol. The Labute approximate surface area is 178 Å². The van der Waals surface area contributed by atoms with E-state index in [1.165, 1.54) is 0 Å². The number of rotatable bonds is 4. The minimum atomic E-state index is -3.63. The first-order valence-corrected chi connectivity index (χ1v) is 12.1. The summed E-state index contributed by atoms with van der Waals surface area (Å²) in [5.41, 5.74) is -0.536. The number of piperidine rings is 1. The molecule has 2 aromatic rings. The molecule has 0 spiro atoms. The normalized spacial score (nSPS) is 18.7. The molecule has 1 saturated heterocycles. The monoisotopic (exact) mass is 430 g/mol. The number of sulfonamides is 1. The van der Waals surface area contributed by atoms with Gasteiger partial charge in [0.15, 0.2) is 0 Å². The lowest BCUT2D eigenvalue weighted by Gasteiger charge is -2.38. The highest BCUT2D eigenvalue weighted by atomic mass is 32.2. The molecule has 162 valence electrons. The van der Waals surface area contributed by atoms with E-state index >= 15 is 0 Å². The zero-order valence-electron chi connectivity index (χ0n) is 17.9. The van der Waals surface area contributed by atoms with Crippen LogP contribution in [-0.4, -0.2) is 54.5 Å². The van der Waals surface area contributed by atoms with E-state index in [1.54, 1.807) is 15.3 Å². The molecule has 0 unspecified atom stereocenters. The zero-order chi connectivity index (χ0) is 21.5. The van der Waals surface area contributed by atoms with Crippen LogP contribution in [0.4, 0.5) is 4.79 Å². The second-order valence-electron chi connectivity index (χ2n) is 9.24. The van der Waals surface area contributed by atoms with E-state index in [0.717, 1.165) is 23.6 Å². The van der Waals surface area contributed by atoms with Crippen LogP contribution in [0.5, 0.6) is 0 Å². The standard InChI is InChI=1S/C23H30N2O4S/c1-23(2,3)29-22(26)24-15-13-19(14-16-24)25(18-11-12-18)30(27,28)21-10-6-8-17-7-4-5-9-20(17)21/h4-10,18-19H,11-16H2,1-3H3. The van der Waals surface area contributed by atoms with Crippen LogP contribution in [-0.2, 0) is 14.8 Å². The predicted molar refractivity (Wildman–Crippen MR) is 117 cm³/mol. The highest BCUT2D eigenvalue weighted by molar-refractivity contribution is 7.89. The zero-order valence-corrected chi connectivity index (χ0v) is 18.7. The smallest absolute Gasteiger partial charge is 0.410 e. The SMILES string of the molecule is CC(C)(C)OC(=O)N1CCC(N(C2CC2)S(=O)(=O)c2cccc3ccccc23)CC1. The number of benzene rings is 2. The van der Waals surface area contributed by atoms with Gasteiger partial charge in [0.05, 0.1) is 4.90 Å². The molecule has 6 nitrogen and oxygen atoms in total. The van der Waals surface area contributed by atoms with Crippen molar-refractivity contribution in [3.63, 3.8) is 0 Å². The van der Waals surface area contributed by atoms with Crippen LogP contribution in [0.3, 0.4) is 0 Å². The maximum Gasteiger partial charge on any atom is 0.410 e. The third-order valence-corrected chi connectivity index (χ3v) is 7.75. The van der Waals surface area contributed by atoms with Crippen LogP contribution >= 0.6 is 0 Å². The van der Waals surface area contributed by atoms with Gasteiger partial charge in [-0.25, -0.2) is 13.2 Å². The van der Waals surface area contributed by atoms with Gasteiger partial charge in [-0.1, -0.05) is 36.4 Å². The van der Waals surface area contributed by atoms with Gasteiger partial charge < -0.3 is 9.64 Å². The fraction of sp³-hybridized carbons (Fsp3) is 0.522. The molecule has 0 atom stereocenters. The molecule has 0 bridgehead atoms. The molecular formula is C23H30N2O4S. The molecule has 1 aliphatic carbocycles. The van der Waals surface area contributed by atoms with Crippen LogP contribution in [0, 0.1) is 0 Å². The molecule has 1 heterocycles. The van der Waals surface area contributed by atoms with Crippen molar-refractivity contribution in [2.75, 3.05) is 13.1 Å². The Balaban J connectivity index is 1.56. The fourth-order valence-electron chi connectivity index (χ4n) is 4.18. The van der Waals surface area contributed by atoms with Crippen LogP contribution in [0.15, 0.2) is 47.4 Å². The second-order valence-corrected chi connectivity index (χ2v) is 11.1. The highest BCUT2D eigenvalue weighted by Crippen LogP contribution is 2.38. The third kappa shape index (κ3) is 4.32. The van der Waals surface area contributed by atoms with Gasteiger partial charge in [-0.05, 0) is 57.9 Å². The summed E-state index contributed by atoms with van der Waals surface area (Å²) < 4.78 is 34.7. The van der Waals surface area contributed by atoms with E-state index in [1.807, 2.05) is 57.2 Å². The van der Waals surface area contributed by atoms with Gasteiger partial charge >= 0.3 is 6.09 Å². The Morgan fingerprint density at radius 3 is 2.20 bits per heavy atom. The Hall–Kier alpha value is -2.12. The summed E-state index contributed by atoms with van der Waals surface area (Å²) in [6.45, 7) is 6.57. The van der Waals surface area contributed by atoms with E-state index in [4.69, 9.17) is 4.74 Å². The summed E-state index contributed by atoms with van der Waals surface area (Å²) in [5, 5.41) is 1.69. The number of carbonyl (C=O) groups excluding carboxylic acids is 1. The number of fused-ring (bicyclic) bond motifs is 1. The van der Waals surface area contributed by atoms with Crippen molar-refractivity contribution in [3.8, 4) is 0 Å². The lowest BCUT2D eigenvalue weighted by molar-refractivity contribution is 0.0176. The summed E-state index contributed by atoms with van der Waals surface area (Å²) >= 11 is 0. The lowest BCUT2D eigenvalue weighted by Crippen LogP contribution is -2.50. The maximum atomic E-state index is 13.8. The molecule has 1 amide bonds. The second kappa shape index (κ2) is 7.85. The van der Waals surface area contributed by atoms with Gasteiger partial charge in [0.2, 0.25) is 10.0 Å². The van der Waals surface area contributed by atoms with Gasteiger partial charge in [-0.15, -0.1) is 0 Å². The van der Waals surface area contributed by atoms with Crippen LogP contribution in [0.1, 0.15) is 46.5 Å². The fourth-order valence-corrected chi connectivity index (χ4v) is 6.33. The molecule has 1 saturated carbocycles. The number of likely N-dealkylation sites (tertiary alicyclic amines) is 1. The predicted octanol–water partition coefficient (Wildman–Crippen LogP) is 4.39. The first-order chi connectivity index (χ1) is 14.2. The van der Waals surface area contributed by atoms with Crippen LogP contribution in [0.25, 0.3) is 10.8 Å². The van der Waals surface area contributed by atoms with Crippen LogP contribution in [0.2, 0.25) is 0 Å². The molecule has 0 N–H and O–H groups in total. The summed E-state index contributed by atoms with van der Waals surface area (Å²) in [5.74, 6) is 0. The van der Waals surface area contributed by atoms with Gasteiger partial charge in [0.25, 0.3) is 0 Å². The number of carbonyl (C=O) groups is 1. The number of hydrogen-bond acceptors (Lipinski definition) is 4. The van der Waals surface area contributed by atoms with Crippen molar-refractivity contribution in [2.45, 2.75) is 69.0 Å². The largest absolute Gasteiger partial charge is 0.444 e. The highest BCUT2D eigenvalue weighted by Gasteiger charge is 2.44. The average Bonchev–Trinajstić information content (AvgIpc) is 3.51. The summed E-state index contributed by atoms with van der Waals surface area (Å²) in [7, 11) is -3.63. The van der Waals surface area contributed by atoms with Crippen molar-refractivity contribution in [1.29, 1.82) is 0 Å². The molecule has 30 heavy (non-hydrogen) atoms. The van der Waals surface area contributed by atoms with Gasteiger partial charge in [0, 0.05) is 30.6 Å². The van der Waals surface area contributed by atoms with E-state index in [2.05, 4.69) is 0 Å². The summed E-state index contributed by atoms with van der Waals surface area (Å²) in [4.78, 5) is 14.4. The number of ether oxygens (including phenoxy) is 1. The first kappa shape index (κ1) is 21.1. The molecule has 7 heteroatoms. The molecule has 2 fully saturated rings. The Morgan fingerprint density at radius 2 is 1.57 bits per heavy atom. The molecule has 1 aliphatic heterocycles. The van der Waals surface area contributed by atoms with Crippen molar-refractivity contribution < 1.29 is 17.9 Å². The van der Waals surface area contributed by atoms with Crippen molar-refractivity contribution in [2.24, 2.45) is 0 Å². The lowest BCUT2D eigenvalue weighted by atomic mass is 10.1. The Bertz CT molecular complexity index is 1030. The maximum absolute atomic E-state index is 13.8. The first-order valence-electron chi connectivity index (χ1n) is 10.7. The Morgan fingerprint density at radius 1 is 0.967 bits per heavy atom. The number of amides is 1. The number of hydrogen-bond donors (Lipinski definition) is 0. The Kier molecular flexibility index (Phi) is 5.53. The van der Waals surface area contributed by atoms with E-state index in [9.17, 15) is 13.2 Å². The van der Waals surface area contributed by atoms with E-state index in [-0.39, 0.29) is 18.2 Å². The summed E-state index contributed by atoms with van der Waals surface area (Å²) in [6.07, 6.45) is 2.72. The van der Waals surface area contributed by atoms with Gasteiger partial charge in [-0.2, -0.15) is 4.31 Å². The van der Waals surface area contributed by atoms with Gasteiger partial charge in [0.1, 0.15) is 5.60 Å². The van der Waals surface area contributed by atoms with Gasteiger partial charge in [-0.3, -0.25) is 0 Å². The molecule has 2 aromatic carbocycles. The average molecular weight is 431 g/mol. The molecule has 2 aliphatic rings. The van der Waals surface area contributed by atoms with E-state index < -0.39 is 15.6 Å². The van der Waals surface area contributed by atoms with Crippen molar-refractivity contribution in [1.82, 2.24) is 9.21 Å². The summed E-state index contributed by atoms with van der Waals surface area (Å²) in [6, 6.07) is 13.0. The molecule has 0 radical (unpaired) electrons.